The number of nitrogens with one attached hydrogen (secondary N) is 1. The normalized spacial score (nSPS) is 24.9. The maximum absolute atomic E-state index is 12.1. The van der Waals surface area contributed by atoms with Crippen LogP contribution in [0.2, 0.25) is 0 Å². The third kappa shape index (κ3) is 4.48. The Labute approximate surface area is 118 Å². The molecule has 1 unspecified atom stereocenters. The van der Waals surface area contributed by atoms with Crippen molar-refractivity contribution in [2.24, 2.45) is 5.92 Å². The van der Waals surface area contributed by atoms with E-state index in [2.05, 4.69) is 17.1 Å². The highest BCUT2D eigenvalue weighted by atomic mass is 16.2. The Hall–Kier alpha value is -0.570. The molecular formula is C16H30N2O. The van der Waals surface area contributed by atoms with Gasteiger partial charge in [-0.15, -0.1) is 0 Å². The van der Waals surface area contributed by atoms with Crippen LogP contribution in [0.15, 0.2) is 0 Å². The van der Waals surface area contributed by atoms with Crippen LogP contribution in [-0.2, 0) is 4.79 Å². The van der Waals surface area contributed by atoms with E-state index in [1.807, 2.05) is 0 Å². The summed E-state index contributed by atoms with van der Waals surface area (Å²) in [4.78, 5) is 14.2. The predicted octanol–water partition coefficient (Wildman–Crippen LogP) is 2.95. The molecule has 0 aromatic rings. The van der Waals surface area contributed by atoms with Crippen molar-refractivity contribution in [3.05, 3.63) is 0 Å². The van der Waals surface area contributed by atoms with E-state index in [-0.39, 0.29) is 0 Å². The molecule has 0 bridgehead atoms. The van der Waals surface area contributed by atoms with E-state index in [4.69, 9.17) is 0 Å². The summed E-state index contributed by atoms with van der Waals surface area (Å²) in [7, 11) is 0. The summed E-state index contributed by atoms with van der Waals surface area (Å²) in [6.45, 7) is 5.40. The van der Waals surface area contributed by atoms with Crippen LogP contribution in [0.1, 0.15) is 64.7 Å². The van der Waals surface area contributed by atoms with Crippen LogP contribution in [0.25, 0.3) is 0 Å². The number of hydrogen-bond acceptors (Lipinski definition) is 2. The Bertz CT molecular complexity index is 266. The molecule has 3 nitrogen and oxygen atoms in total. The number of rotatable bonds is 6. The summed E-state index contributed by atoms with van der Waals surface area (Å²) in [6, 6.07) is 0.738. The van der Waals surface area contributed by atoms with Crippen molar-refractivity contribution in [2.45, 2.75) is 70.8 Å². The van der Waals surface area contributed by atoms with E-state index < -0.39 is 0 Å². The maximum Gasteiger partial charge on any atom is 0.222 e. The molecule has 3 heteroatoms. The molecule has 0 aliphatic carbocycles. The number of likely N-dealkylation sites (tertiary alicyclic amines) is 1. The lowest BCUT2D eigenvalue weighted by Gasteiger charge is -2.35. The number of carbonyl (C=O) groups excluding carboxylic acids is 1. The van der Waals surface area contributed by atoms with Crippen LogP contribution in [0.5, 0.6) is 0 Å². The maximum atomic E-state index is 12.1. The second-order valence-electron chi connectivity index (χ2n) is 6.23. The lowest BCUT2D eigenvalue weighted by Crippen LogP contribution is -2.43. The standard InChI is InChI=1S/C16H30N2O/c1-2-3-4-5-8-16(19)18-12-9-14(10-13-18)15-7-6-11-17-15/h14-15,17H,2-13H2,1H3. The fourth-order valence-electron chi connectivity index (χ4n) is 3.53. The lowest BCUT2D eigenvalue weighted by molar-refractivity contribution is -0.132. The molecule has 2 aliphatic heterocycles. The van der Waals surface area contributed by atoms with E-state index in [0.717, 1.165) is 37.9 Å². The molecule has 2 rings (SSSR count). The van der Waals surface area contributed by atoms with Crippen LogP contribution in [-0.4, -0.2) is 36.5 Å². The molecule has 2 heterocycles. The molecule has 1 N–H and O–H groups in total. The third-order valence-electron chi connectivity index (χ3n) is 4.80. The summed E-state index contributed by atoms with van der Waals surface area (Å²) >= 11 is 0. The Balaban J connectivity index is 1.63. The fourth-order valence-corrected chi connectivity index (χ4v) is 3.53. The quantitative estimate of drug-likeness (QED) is 0.750. The molecule has 110 valence electrons. The van der Waals surface area contributed by atoms with Crippen molar-refractivity contribution in [1.29, 1.82) is 0 Å². The van der Waals surface area contributed by atoms with Crippen LogP contribution < -0.4 is 5.32 Å². The first kappa shape index (κ1) is 14.8. The Morgan fingerprint density at radius 1 is 1.16 bits per heavy atom. The molecule has 1 amide bonds. The third-order valence-corrected chi connectivity index (χ3v) is 4.80. The Kier molecular flexibility index (Phi) is 6.15. The summed E-state index contributed by atoms with van der Waals surface area (Å²) in [6.07, 6.45) is 10.7. The number of hydrogen-bond donors (Lipinski definition) is 1. The van der Waals surface area contributed by atoms with Gasteiger partial charge in [-0.25, -0.2) is 0 Å². The van der Waals surface area contributed by atoms with E-state index in [0.29, 0.717) is 5.91 Å². The van der Waals surface area contributed by atoms with Gasteiger partial charge in [0.15, 0.2) is 0 Å². The van der Waals surface area contributed by atoms with Gasteiger partial charge in [0.2, 0.25) is 5.91 Å². The number of nitrogens with zero attached hydrogens (tertiary/aromatic N) is 1. The van der Waals surface area contributed by atoms with Gasteiger partial charge in [-0.3, -0.25) is 4.79 Å². The number of carbonyl (C=O) groups is 1. The largest absolute Gasteiger partial charge is 0.343 e. The zero-order valence-electron chi connectivity index (χ0n) is 12.5. The van der Waals surface area contributed by atoms with Crippen molar-refractivity contribution in [3.8, 4) is 0 Å². The minimum Gasteiger partial charge on any atom is -0.343 e. The highest BCUT2D eigenvalue weighted by Gasteiger charge is 2.29. The molecule has 1 atom stereocenters. The topological polar surface area (TPSA) is 32.3 Å². The van der Waals surface area contributed by atoms with Crippen molar-refractivity contribution < 1.29 is 4.79 Å². The van der Waals surface area contributed by atoms with Crippen LogP contribution in [0.4, 0.5) is 0 Å². The highest BCUT2D eigenvalue weighted by Crippen LogP contribution is 2.26. The first-order valence-corrected chi connectivity index (χ1v) is 8.32. The first-order valence-electron chi connectivity index (χ1n) is 8.32. The van der Waals surface area contributed by atoms with Crippen molar-refractivity contribution in [3.63, 3.8) is 0 Å². The second-order valence-corrected chi connectivity index (χ2v) is 6.23. The Morgan fingerprint density at radius 2 is 1.95 bits per heavy atom. The van der Waals surface area contributed by atoms with E-state index >= 15 is 0 Å². The molecule has 2 fully saturated rings. The number of piperidine rings is 1. The van der Waals surface area contributed by atoms with Crippen LogP contribution >= 0.6 is 0 Å². The number of amides is 1. The summed E-state index contributed by atoms with van der Waals surface area (Å²) in [5.41, 5.74) is 0. The smallest absolute Gasteiger partial charge is 0.222 e. The van der Waals surface area contributed by atoms with Crippen molar-refractivity contribution in [1.82, 2.24) is 10.2 Å². The van der Waals surface area contributed by atoms with E-state index in [9.17, 15) is 4.79 Å². The molecular weight excluding hydrogens is 236 g/mol. The van der Waals surface area contributed by atoms with Gasteiger partial charge in [0.25, 0.3) is 0 Å². The minimum absolute atomic E-state index is 0.397. The molecule has 0 spiro atoms. The average Bonchev–Trinajstić information content (AvgIpc) is 2.98. The molecule has 19 heavy (non-hydrogen) atoms. The zero-order chi connectivity index (χ0) is 13.5. The summed E-state index contributed by atoms with van der Waals surface area (Å²) in [5, 5.41) is 3.62. The monoisotopic (exact) mass is 266 g/mol. The fraction of sp³-hybridized carbons (Fsp3) is 0.938. The van der Waals surface area contributed by atoms with Crippen molar-refractivity contribution in [2.75, 3.05) is 19.6 Å². The van der Waals surface area contributed by atoms with Gasteiger partial charge in [-0.2, -0.15) is 0 Å². The van der Waals surface area contributed by atoms with Gasteiger partial charge >= 0.3 is 0 Å². The molecule has 0 aromatic heterocycles. The van der Waals surface area contributed by atoms with Gasteiger partial charge in [0, 0.05) is 25.6 Å². The summed E-state index contributed by atoms with van der Waals surface area (Å²) in [5.74, 6) is 1.21. The van der Waals surface area contributed by atoms with Gasteiger partial charge in [-0.05, 0) is 44.6 Å². The van der Waals surface area contributed by atoms with Crippen molar-refractivity contribution >= 4 is 5.91 Å². The first-order chi connectivity index (χ1) is 9.31. The Morgan fingerprint density at radius 3 is 2.58 bits per heavy atom. The van der Waals surface area contributed by atoms with Crippen LogP contribution in [0, 0.1) is 5.92 Å². The molecule has 0 radical (unpaired) electrons. The second kappa shape index (κ2) is 7.88. The van der Waals surface area contributed by atoms with E-state index in [1.165, 1.54) is 51.5 Å². The highest BCUT2D eigenvalue weighted by molar-refractivity contribution is 5.76. The molecule has 2 saturated heterocycles. The minimum atomic E-state index is 0.397. The average molecular weight is 266 g/mol. The van der Waals surface area contributed by atoms with Gasteiger partial charge in [-0.1, -0.05) is 26.2 Å². The zero-order valence-corrected chi connectivity index (χ0v) is 12.5. The molecule has 0 aromatic carbocycles. The van der Waals surface area contributed by atoms with E-state index in [1.54, 1.807) is 0 Å². The predicted molar refractivity (Wildman–Crippen MR) is 79.1 cm³/mol. The van der Waals surface area contributed by atoms with Gasteiger partial charge < -0.3 is 10.2 Å². The SMILES string of the molecule is CCCCCCC(=O)N1CCC(C2CCCN2)CC1. The van der Waals surface area contributed by atoms with Crippen LogP contribution in [0.3, 0.4) is 0 Å². The summed E-state index contributed by atoms with van der Waals surface area (Å²) < 4.78 is 0. The molecule has 2 aliphatic rings. The van der Waals surface area contributed by atoms with Gasteiger partial charge in [0.05, 0.1) is 0 Å². The number of unbranched alkanes of at least 4 members (excludes halogenated alkanes) is 3. The lowest BCUT2D eigenvalue weighted by atomic mass is 9.88. The van der Waals surface area contributed by atoms with Gasteiger partial charge in [0.1, 0.15) is 0 Å². The molecule has 0 saturated carbocycles.